The highest BCUT2D eigenvalue weighted by molar-refractivity contribution is 6.10. The molecule has 0 saturated carbocycles. The lowest BCUT2D eigenvalue weighted by Gasteiger charge is -2.13. The zero-order valence-corrected chi connectivity index (χ0v) is 14.8. The van der Waals surface area contributed by atoms with E-state index >= 15 is 0 Å². The zero-order valence-electron chi connectivity index (χ0n) is 14.8. The second kappa shape index (κ2) is 7.86. The van der Waals surface area contributed by atoms with Crippen molar-refractivity contribution in [1.29, 1.82) is 0 Å². The molecule has 0 fully saturated rings. The number of phenolic OH excluding ortho intramolecular Hbond substituents is 1. The van der Waals surface area contributed by atoms with E-state index in [9.17, 15) is 32.3 Å². The maximum Gasteiger partial charge on any atom is 0.405 e. The Morgan fingerprint density at radius 2 is 1.83 bits per heavy atom. The van der Waals surface area contributed by atoms with Gasteiger partial charge >= 0.3 is 6.18 Å². The van der Waals surface area contributed by atoms with Gasteiger partial charge < -0.3 is 10.4 Å². The number of nitrogens with one attached hydrogen (secondary N) is 1. The third-order valence-corrected chi connectivity index (χ3v) is 4.17. The fourth-order valence-electron chi connectivity index (χ4n) is 2.83. The topological polar surface area (TPSA) is 79.3 Å². The van der Waals surface area contributed by atoms with E-state index < -0.39 is 30.2 Å². The quantitative estimate of drug-likeness (QED) is 0.499. The third kappa shape index (κ3) is 4.68. The number of phenols is 1. The number of hydrogen-bond acceptors (Lipinski definition) is 4. The lowest BCUT2D eigenvalue weighted by molar-refractivity contribution is -0.123. The van der Waals surface area contributed by atoms with E-state index in [0.29, 0.717) is 12.0 Å². The van der Waals surface area contributed by atoms with Gasteiger partial charge in [0.05, 0.1) is 5.56 Å². The summed E-state index contributed by atoms with van der Waals surface area (Å²) in [6.07, 6.45) is -2.62. The van der Waals surface area contributed by atoms with Crippen molar-refractivity contribution in [2.24, 2.45) is 0 Å². The number of carbonyl (C=O) groups is 2. The molecule has 1 heterocycles. The van der Waals surface area contributed by atoms with Crippen molar-refractivity contribution in [3.63, 3.8) is 0 Å². The summed E-state index contributed by atoms with van der Waals surface area (Å²) in [6, 6.07) is 8.18. The number of alkyl halides is 3. The molecule has 0 spiro atoms. The molecule has 0 saturated heterocycles. The largest absolute Gasteiger partial charge is 0.505 e. The molecule has 0 aliphatic rings. The Kier molecular flexibility index (Phi) is 5.49. The molecule has 1 amide bonds. The van der Waals surface area contributed by atoms with E-state index in [0.717, 1.165) is 11.6 Å². The van der Waals surface area contributed by atoms with Gasteiger partial charge in [-0.3, -0.25) is 14.6 Å². The first kappa shape index (κ1) is 20.2. The highest BCUT2D eigenvalue weighted by Crippen LogP contribution is 2.30. The predicted octanol–water partition coefficient (Wildman–Crippen LogP) is 3.77. The van der Waals surface area contributed by atoms with Crippen molar-refractivity contribution < 1.29 is 32.3 Å². The molecular weight excluding hydrogens is 392 g/mol. The minimum absolute atomic E-state index is 0.0883. The normalized spacial score (nSPS) is 11.4. The van der Waals surface area contributed by atoms with Gasteiger partial charge in [-0.05, 0) is 41.8 Å². The van der Waals surface area contributed by atoms with Crippen molar-refractivity contribution in [2.45, 2.75) is 12.6 Å². The summed E-state index contributed by atoms with van der Waals surface area (Å²) in [5.74, 6) is -1.94. The summed E-state index contributed by atoms with van der Waals surface area (Å²) in [6.45, 7) is -1.55. The van der Waals surface area contributed by atoms with Gasteiger partial charge in [0, 0.05) is 17.1 Å². The van der Waals surface area contributed by atoms with Gasteiger partial charge in [-0.1, -0.05) is 12.1 Å². The number of amides is 1. The van der Waals surface area contributed by atoms with Crippen LogP contribution in [0.1, 0.15) is 31.8 Å². The zero-order chi connectivity index (χ0) is 21.2. The molecule has 1 aromatic heterocycles. The fraction of sp³-hybridized carbons (Fsp3) is 0.150. The van der Waals surface area contributed by atoms with Crippen LogP contribution in [0.3, 0.4) is 0 Å². The molecule has 5 nitrogen and oxygen atoms in total. The predicted molar refractivity (Wildman–Crippen MR) is 96.4 cm³/mol. The maximum absolute atomic E-state index is 13.1. The Balaban J connectivity index is 2.05. The van der Waals surface area contributed by atoms with Crippen molar-refractivity contribution >= 4 is 23.1 Å². The van der Waals surface area contributed by atoms with E-state index in [1.165, 1.54) is 24.4 Å². The Bertz CT molecular complexity index is 1080. The van der Waals surface area contributed by atoms with Gasteiger partial charge in [0.2, 0.25) is 0 Å². The minimum atomic E-state index is -4.61. The summed E-state index contributed by atoms with van der Waals surface area (Å²) in [4.78, 5) is 27.6. The Morgan fingerprint density at radius 3 is 2.45 bits per heavy atom. The van der Waals surface area contributed by atoms with E-state index in [-0.39, 0.29) is 28.3 Å². The monoisotopic (exact) mass is 406 g/mol. The summed E-state index contributed by atoms with van der Waals surface area (Å²) in [7, 11) is 0. The molecule has 9 heteroatoms. The minimum Gasteiger partial charge on any atom is -0.505 e. The number of pyridine rings is 1. The van der Waals surface area contributed by atoms with Gasteiger partial charge in [0.15, 0.2) is 12.0 Å². The van der Waals surface area contributed by atoms with Crippen LogP contribution >= 0.6 is 0 Å². The van der Waals surface area contributed by atoms with Gasteiger partial charge in [-0.15, -0.1) is 0 Å². The SMILES string of the molecule is O=Cc1cc(C(=O)NCC(F)(F)F)c2cc(Cc3ccc(F)cc3)cnc2c1O. The third-order valence-electron chi connectivity index (χ3n) is 4.17. The van der Waals surface area contributed by atoms with Gasteiger partial charge in [0.1, 0.15) is 17.9 Å². The first-order valence-corrected chi connectivity index (χ1v) is 8.37. The Morgan fingerprint density at radius 1 is 1.14 bits per heavy atom. The lowest BCUT2D eigenvalue weighted by atomic mass is 9.99. The molecular formula is C20H14F4N2O3. The van der Waals surface area contributed by atoms with Crippen molar-refractivity contribution in [2.75, 3.05) is 6.54 Å². The number of hydrogen-bond donors (Lipinski definition) is 2. The van der Waals surface area contributed by atoms with Gasteiger partial charge in [-0.2, -0.15) is 13.2 Å². The first-order chi connectivity index (χ1) is 13.7. The van der Waals surface area contributed by atoms with E-state index in [1.807, 2.05) is 0 Å². The number of aromatic nitrogens is 1. The smallest absolute Gasteiger partial charge is 0.405 e. The number of carbonyl (C=O) groups excluding carboxylic acids is 2. The van der Waals surface area contributed by atoms with Crippen LogP contribution in [0.5, 0.6) is 5.75 Å². The van der Waals surface area contributed by atoms with E-state index in [2.05, 4.69) is 4.98 Å². The lowest BCUT2D eigenvalue weighted by Crippen LogP contribution is -2.33. The van der Waals surface area contributed by atoms with Crippen LogP contribution in [0.2, 0.25) is 0 Å². The van der Waals surface area contributed by atoms with Crippen molar-refractivity contribution in [1.82, 2.24) is 10.3 Å². The van der Waals surface area contributed by atoms with Gasteiger partial charge in [-0.25, -0.2) is 4.39 Å². The maximum atomic E-state index is 13.1. The number of rotatable bonds is 5. The summed E-state index contributed by atoms with van der Waals surface area (Å²) in [5, 5.41) is 12.0. The van der Waals surface area contributed by atoms with Crippen LogP contribution in [-0.4, -0.2) is 35.0 Å². The number of aldehydes is 1. The molecule has 0 bridgehead atoms. The fourth-order valence-corrected chi connectivity index (χ4v) is 2.83. The summed E-state index contributed by atoms with van der Waals surface area (Å²) < 4.78 is 50.4. The van der Waals surface area contributed by atoms with Crippen LogP contribution in [0.25, 0.3) is 10.9 Å². The molecule has 2 N–H and O–H groups in total. The molecule has 3 rings (SSSR count). The van der Waals surface area contributed by atoms with E-state index in [4.69, 9.17) is 0 Å². The highest BCUT2D eigenvalue weighted by atomic mass is 19.4. The van der Waals surface area contributed by atoms with Crippen molar-refractivity contribution in [3.05, 3.63) is 70.7 Å². The van der Waals surface area contributed by atoms with E-state index in [1.54, 1.807) is 17.4 Å². The average molecular weight is 406 g/mol. The van der Waals surface area contributed by atoms with Crippen molar-refractivity contribution in [3.8, 4) is 5.75 Å². The standard InChI is InChI=1S/C20H14F4N2O3/c21-14-3-1-11(2-4-14)5-12-6-15-16(19(29)26-10-20(22,23)24)7-13(9-27)18(28)17(15)25-8-12/h1-4,6-9,28H,5,10H2,(H,26,29). The molecule has 0 radical (unpaired) electrons. The number of halogens is 4. The van der Waals surface area contributed by atoms with Crippen LogP contribution in [0.4, 0.5) is 17.6 Å². The molecule has 29 heavy (non-hydrogen) atoms. The second-order valence-corrected chi connectivity index (χ2v) is 6.32. The average Bonchev–Trinajstić information content (AvgIpc) is 2.68. The van der Waals surface area contributed by atoms with Crippen LogP contribution in [-0.2, 0) is 6.42 Å². The molecule has 150 valence electrons. The summed E-state index contributed by atoms with van der Waals surface area (Å²) >= 11 is 0. The second-order valence-electron chi connectivity index (χ2n) is 6.32. The highest BCUT2D eigenvalue weighted by Gasteiger charge is 2.28. The van der Waals surface area contributed by atoms with Gasteiger partial charge in [0.25, 0.3) is 5.91 Å². The number of nitrogens with zero attached hydrogens (tertiary/aromatic N) is 1. The molecule has 3 aromatic rings. The molecule has 0 atom stereocenters. The van der Waals surface area contributed by atoms with Crippen LogP contribution in [0.15, 0.2) is 42.6 Å². The number of fused-ring (bicyclic) bond motifs is 1. The van der Waals surface area contributed by atoms with Crippen LogP contribution < -0.4 is 5.32 Å². The Hall–Kier alpha value is -3.49. The molecule has 0 aliphatic carbocycles. The first-order valence-electron chi connectivity index (χ1n) is 8.37. The number of benzene rings is 2. The molecule has 0 aliphatic heterocycles. The van der Waals surface area contributed by atoms with Crippen LogP contribution in [0, 0.1) is 5.82 Å². The Labute approximate surface area is 162 Å². The number of aromatic hydroxyl groups is 1. The summed E-state index contributed by atoms with van der Waals surface area (Å²) in [5.41, 5.74) is 0.734. The molecule has 2 aromatic carbocycles. The molecule has 0 unspecified atom stereocenters.